The summed E-state index contributed by atoms with van der Waals surface area (Å²) < 4.78 is 10.1. The highest BCUT2D eigenvalue weighted by molar-refractivity contribution is 6.31. The number of hydrogen-bond donors (Lipinski definition) is 0. The number of ether oxygens (including phenoxy) is 2. The molecular weight excluding hydrogens is 439 g/mol. The SMILES string of the molecule is CC(COC(=O)OCC(C)c1cc(Cl)ccc1[N+](=O)[O-])c1cc(Cl)ccc1[N+](=O)[O-]. The van der Waals surface area contributed by atoms with Crippen LogP contribution in [0, 0.1) is 20.2 Å². The van der Waals surface area contributed by atoms with E-state index in [1.54, 1.807) is 13.8 Å². The minimum Gasteiger partial charge on any atom is -0.434 e. The van der Waals surface area contributed by atoms with Crippen LogP contribution in [-0.2, 0) is 9.47 Å². The van der Waals surface area contributed by atoms with Gasteiger partial charge in [-0.1, -0.05) is 37.0 Å². The molecule has 0 radical (unpaired) electrons. The summed E-state index contributed by atoms with van der Waals surface area (Å²) in [5, 5.41) is 23.0. The molecule has 0 heterocycles. The Morgan fingerprint density at radius 1 is 0.867 bits per heavy atom. The molecule has 9 nitrogen and oxygen atoms in total. The Morgan fingerprint density at radius 2 is 1.23 bits per heavy atom. The van der Waals surface area contributed by atoms with Crippen LogP contribution in [0.1, 0.15) is 36.8 Å². The van der Waals surface area contributed by atoms with E-state index in [0.29, 0.717) is 21.2 Å². The van der Waals surface area contributed by atoms with E-state index in [9.17, 15) is 25.0 Å². The number of benzene rings is 2. The molecule has 0 saturated heterocycles. The van der Waals surface area contributed by atoms with Crippen LogP contribution in [0.5, 0.6) is 0 Å². The average Bonchev–Trinajstić information content (AvgIpc) is 2.69. The van der Waals surface area contributed by atoms with Crippen molar-refractivity contribution < 1.29 is 24.1 Å². The Balaban J connectivity index is 1.96. The van der Waals surface area contributed by atoms with Crippen molar-refractivity contribution >= 4 is 40.7 Å². The molecule has 160 valence electrons. The zero-order valence-electron chi connectivity index (χ0n) is 16.0. The van der Waals surface area contributed by atoms with E-state index in [0.717, 1.165) is 0 Å². The number of carbonyl (C=O) groups excluding carboxylic acids is 1. The first kappa shape index (κ1) is 23.4. The number of hydrogen-bond acceptors (Lipinski definition) is 7. The number of halogens is 2. The second-order valence-electron chi connectivity index (χ2n) is 6.59. The highest BCUT2D eigenvalue weighted by Crippen LogP contribution is 2.31. The van der Waals surface area contributed by atoms with Crippen LogP contribution in [0.2, 0.25) is 10.0 Å². The summed E-state index contributed by atoms with van der Waals surface area (Å²) in [4.78, 5) is 33.2. The van der Waals surface area contributed by atoms with Gasteiger partial charge in [0, 0.05) is 45.1 Å². The number of nitro benzene ring substituents is 2. The Bertz CT molecular complexity index is 892. The molecule has 30 heavy (non-hydrogen) atoms. The molecule has 0 aliphatic rings. The van der Waals surface area contributed by atoms with Gasteiger partial charge in [-0.3, -0.25) is 20.2 Å². The number of rotatable bonds is 8. The lowest BCUT2D eigenvalue weighted by molar-refractivity contribution is -0.385. The largest absolute Gasteiger partial charge is 0.508 e. The second kappa shape index (κ2) is 10.2. The number of carbonyl (C=O) groups is 1. The van der Waals surface area contributed by atoms with E-state index in [4.69, 9.17) is 32.7 Å². The van der Waals surface area contributed by atoms with Crippen LogP contribution in [-0.4, -0.2) is 29.2 Å². The zero-order chi connectivity index (χ0) is 22.4. The van der Waals surface area contributed by atoms with Crippen molar-refractivity contribution in [2.75, 3.05) is 13.2 Å². The van der Waals surface area contributed by atoms with Crippen LogP contribution >= 0.6 is 23.2 Å². The molecule has 11 heteroatoms. The van der Waals surface area contributed by atoms with Crippen molar-refractivity contribution in [1.29, 1.82) is 0 Å². The molecule has 0 saturated carbocycles. The van der Waals surface area contributed by atoms with E-state index in [1.807, 2.05) is 0 Å². The fourth-order valence-corrected chi connectivity index (χ4v) is 3.14. The van der Waals surface area contributed by atoms with E-state index < -0.39 is 27.8 Å². The minimum absolute atomic E-state index is 0.134. The molecule has 0 amide bonds. The van der Waals surface area contributed by atoms with Gasteiger partial charge in [-0.05, 0) is 24.3 Å². The van der Waals surface area contributed by atoms with Gasteiger partial charge >= 0.3 is 6.16 Å². The number of nitro groups is 2. The van der Waals surface area contributed by atoms with Crippen LogP contribution in [0.25, 0.3) is 0 Å². The Labute approximate surface area is 181 Å². The molecule has 0 spiro atoms. The molecule has 2 aromatic carbocycles. The van der Waals surface area contributed by atoms with Crippen LogP contribution in [0.4, 0.5) is 16.2 Å². The van der Waals surface area contributed by atoms with Crippen molar-refractivity contribution in [3.8, 4) is 0 Å². The van der Waals surface area contributed by atoms with Gasteiger partial charge in [-0.15, -0.1) is 0 Å². The third kappa shape index (κ3) is 6.04. The van der Waals surface area contributed by atoms with Gasteiger partial charge in [0.2, 0.25) is 0 Å². The van der Waals surface area contributed by atoms with Crippen molar-refractivity contribution in [1.82, 2.24) is 0 Å². The molecule has 2 rings (SSSR count). The average molecular weight is 457 g/mol. The molecular formula is C19H18Cl2N2O7. The maximum absolute atomic E-state index is 11.9. The lowest BCUT2D eigenvalue weighted by Gasteiger charge is -2.15. The monoisotopic (exact) mass is 456 g/mol. The van der Waals surface area contributed by atoms with Gasteiger partial charge in [0.1, 0.15) is 13.2 Å². The van der Waals surface area contributed by atoms with Crippen LogP contribution < -0.4 is 0 Å². The van der Waals surface area contributed by atoms with Gasteiger partial charge in [0.15, 0.2) is 0 Å². The minimum atomic E-state index is -0.997. The Kier molecular flexibility index (Phi) is 7.96. The van der Waals surface area contributed by atoms with E-state index in [2.05, 4.69) is 0 Å². The molecule has 0 N–H and O–H groups in total. The zero-order valence-corrected chi connectivity index (χ0v) is 17.6. The smallest absolute Gasteiger partial charge is 0.434 e. The highest BCUT2D eigenvalue weighted by Gasteiger charge is 2.23. The predicted molar refractivity (Wildman–Crippen MR) is 110 cm³/mol. The summed E-state index contributed by atoms with van der Waals surface area (Å²) in [7, 11) is 0. The quantitative estimate of drug-likeness (QED) is 0.276. The third-order valence-corrected chi connectivity index (χ3v) is 4.81. The van der Waals surface area contributed by atoms with Gasteiger partial charge in [-0.2, -0.15) is 0 Å². The summed E-state index contributed by atoms with van der Waals surface area (Å²) in [6.07, 6.45) is -0.997. The van der Waals surface area contributed by atoms with Crippen molar-refractivity contribution in [3.63, 3.8) is 0 Å². The lowest BCUT2D eigenvalue weighted by atomic mass is 10.00. The van der Waals surface area contributed by atoms with E-state index in [1.165, 1.54) is 36.4 Å². The number of nitrogens with zero attached hydrogens (tertiary/aromatic N) is 2. The second-order valence-corrected chi connectivity index (χ2v) is 7.47. The first-order chi connectivity index (χ1) is 14.1. The maximum atomic E-state index is 11.9. The van der Waals surface area contributed by atoms with Crippen molar-refractivity contribution in [2.45, 2.75) is 25.7 Å². The van der Waals surface area contributed by atoms with E-state index >= 15 is 0 Å². The molecule has 0 fully saturated rings. The third-order valence-electron chi connectivity index (χ3n) is 4.34. The van der Waals surface area contributed by atoms with Crippen molar-refractivity contribution in [2.24, 2.45) is 0 Å². The summed E-state index contributed by atoms with van der Waals surface area (Å²) in [6.45, 7) is 2.94. The fraction of sp³-hybridized carbons (Fsp3) is 0.316. The summed E-state index contributed by atoms with van der Waals surface area (Å²) >= 11 is 11.8. The summed E-state index contributed by atoms with van der Waals surface area (Å²) in [5.41, 5.74) is 0.378. The lowest BCUT2D eigenvalue weighted by Crippen LogP contribution is -2.16. The molecule has 2 atom stereocenters. The Morgan fingerprint density at radius 3 is 1.57 bits per heavy atom. The van der Waals surface area contributed by atoms with Gasteiger partial charge < -0.3 is 9.47 Å². The first-order valence-electron chi connectivity index (χ1n) is 8.77. The summed E-state index contributed by atoms with van der Waals surface area (Å²) in [6, 6.07) is 8.26. The standard InChI is InChI=1S/C19H18Cl2N2O7/c1-11(15-7-13(20)3-5-17(15)22(25)26)9-29-19(24)30-10-12(2)16-8-14(21)4-6-18(16)23(27)28/h3-8,11-12H,9-10H2,1-2H3. The molecule has 0 aromatic heterocycles. The summed E-state index contributed by atoms with van der Waals surface area (Å²) in [5.74, 6) is -1.02. The van der Waals surface area contributed by atoms with Gasteiger partial charge in [0.25, 0.3) is 11.4 Å². The molecule has 0 bridgehead atoms. The molecule has 0 aliphatic carbocycles. The topological polar surface area (TPSA) is 122 Å². The Hall–Kier alpha value is -2.91. The molecule has 0 aliphatic heterocycles. The van der Waals surface area contributed by atoms with Crippen LogP contribution in [0.15, 0.2) is 36.4 Å². The highest BCUT2D eigenvalue weighted by atomic mass is 35.5. The van der Waals surface area contributed by atoms with Gasteiger partial charge in [0.05, 0.1) is 9.85 Å². The fourth-order valence-electron chi connectivity index (χ4n) is 2.78. The predicted octanol–water partition coefficient (Wildman–Crippen LogP) is 5.87. The molecule has 2 unspecified atom stereocenters. The maximum Gasteiger partial charge on any atom is 0.508 e. The normalized spacial score (nSPS) is 12.7. The van der Waals surface area contributed by atoms with Crippen molar-refractivity contribution in [3.05, 3.63) is 77.8 Å². The first-order valence-corrected chi connectivity index (χ1v) is 9.53. The van der Waals surface area contributed by atoms with E-state index in [-0.39, 0.29) is 24.6 Å². The van der Waals surface area contributed by atoms with Crippen LogP contribution in [0.3, 0.4) is 0 Å². The van der Waals surface area contributed by atoms with Gasteiger partial charge in [-0.25, -0.2) is 4.79 Å². The molecule has 2 aromatic rings.